The molecule has 114 valence electrons. The molecule has 8 nitrogen and oxygen atoms in total. The van der Waals surface area contributed by atoms with Crippen LogP contribution in [0.4, 0.5) is 11.8 Å². The number of carbonyl (C=O) groups excluding carboxylic acids is 1. The van der Waals surface area contributed by atoms with Crippen LogP contribution in [0.1, 0.15) is 20.8 Å². The highest BCUT2D eigenvalue weighted by Gasteiger charge is 2.16. The summed E-state index contributed by atoms with van der Waals surface area (Å²) in [7, 11) is 1.82. The third-order valence-corrected chi connectivity index (χ3v) is 2.79. The van der Waals surface area contributed by atoms with E-state index in [2.05, 4.69) is 30.6 Å². The first-order valence-electron chi connectivity index (χ1n) is 6.96. The van der Waals surface area contributed by atoms with Crippen LogP contribution >= 0.6 is 0 Å². The van der Waals surface area contributed by atoms with Gasteiger partial charge in [0.1, 0.15) is 5.52 Å². The van der Waals surface area contributed by atoms with E-state index in [9.17, 15) is 4.79 Å². The summed E-state index contributed by atoms with van der Waals surface area (Å²) >= 11 is 0. The zero-order valence-corrected chi connectivity index (χ0v) is 12.8. The highest BCUT2D eigenvalue weighted by Crippen LogP contribution is 2.21. The fraction of sp³-hybridized carbons (Fsp3) is 0.538. The average Bonchev–Trinajstić information content (AvgIpc) is 2.85. The van der Waals surface area contributed by atoms with Crippen LogP contribution in [0.2, 0.25) is 0 Å². The number of hydrogen-bond donors (Lipinski definition) is 3. The molecule has 0 saturated heterocycles. The maximum Gasteiger partial charge on any atom is 0.239 e. The second-order valence-electron chi connectivity index (χ2n) is 5.08. The SMILES string of the molecule is CCNc1nc(N(C)CC(=O)NC(C)C)c2[nH]cnc2n1. The van der Waals surface area contributed by atoms with Crippen molar-refractivity contribution in [2.24, 2.45) is 0 Å². The second-order valence-corrected chi connectivity index (χ2v) is 5.08. The van der Waals surface area contributed by atoms with Crippen molar-refractivity contribution in [1.82, 2.24) is 25.3 Å². The lowest BCUT2D eigenvalue weighted by Crippen LogP contribution is -2.39. The van der Waals surface area contributed by atoms with Gasteiger partial charge in [0.25, 0.3) is 0 Å². The number of nitrogens with zero attached hydrogens (tertiary/aromatic N) is 4. The standard InChI is InChI=1S/C13H21N7O/c1-5-14-13-18-11-10(15-7-16-11)12(19-13)20(4)6-9(21)17-8(2)3/h7-8H,5-6H2,1-4H3,(H,17,21)(H2,14,15,16,18,19). The summed E-state index contributed by atoms with van der Waals surface area (Å²) in [6, 6.07) is 0.112. The molecule has 0 aromatic carbocycles. The minimum Gasteiger partial charge on any atom is -0.354 e. The fourth-order valence-corrected chi connectivity index (χ4v) is 1.99. The highest BCUT2D eigenvalue weighted by molar-refractivity contribution is 5.88. The lowest BCUT2D eigenvalue weighted by Gasteiger charge is -2.19. The predicted molar refractivity (Wildman–Crippen MR) is 82.4 cm³/mol. The third kappa shape index (κ3) is 3.59. The molecule has 0 aliphatic carbocycles. The molecule has 0 bridgehead atoms. The Morgan fingerprint density at radius 1 is 1.43 bits per heavy atom. The number of rotatable bonds is 6. The summed E-state index contributed by atoms with van der Waals surface area (Å²) in [5.41, 5.74) is 1.29. The van der Waals surface area contributed by atoms with Gasteiger partial charge in [0, 0.05) is 19.6 Å². The van der Waals surface area contributed by atoms with E-state index in [0.29, 0.717) is 24.0 Å². The number of H-pyrrole nitrogens is 1. The average molecular weight is 291 g/mol. The van der Waals surface area contributed by atoms with Crippen molar-refractivity contribution in [1.29, 1.82) is 0 Å². The van der Waals surface area contributed by atoms with Crippen molar-refractivity contribution in [2.75, 3.05) is 30.4 Å². The van der Waals surface area contributed by atoms with E-state index in [4.69, 9.17) is 0 Å². The van der Waals surface area contributed by atoms with Crippen LogP contribution in [0.15, 0.2) is 6.33 Å². The van der Waals surface area contributed by atoms with E-state index in [-0.39, 0.29) is 18.5 Å². The van der Waals surface area contributed by atoms with Crippen molar-refractivity contribution in [3.8, 4) is 0 Å². The van der Waals surface area contributed by atoms with Gasteiger partial charge < -0.3 is 20.5 Å². The van der Waals surface area contributed by atoms with Gasteiger partial charge in [-0.3, -0.25) is 4.79 Å². The quantitative estimate of drug-likeness (QED) is 0.726. The molecule has 0 aliphatic heterocycles. The number of imidazole rings is 1. The third-order valence-electron chi connectivity index (χ3n) is 2.79. The van der Waals surface area contributed by atoms with Crippen LogP contribution in [0, 0.1) is 0 Å². The fourth-order valence-electron chi connectivity index (χ4n) is 1.99. The Kier molecular flexibility index (Phi) is 4.56. The summed E-state index contributed by atoms with van der Waals surface area (Å²) < 4.78 is 0. The molecule has 1 amide bonds. The van der Waals surface area contributed by atoms with Crippen LogP contribution in [-0.2, 0) is 4.79 Å². The number of fused-ring (bicyclic) bond motifs is 1. The molecule has 0 spiro atoms. The molecular formula is C13H21N7O. The van der Waals surface area contributed by atoms with E-state index >= 15 is 0 Å². The van der Waals surface area contributed by atoms with E-state index in [1.165, 1.54) is 0 Å². The van der Waals surface area contributed by atoms with Crippen molar-refractivity contribution in [3.05, 3.63) is 6.33 Å². The topological polar surface area (TPSA) is 98.8 Å². The molecule has 2 aromatic heterocycles. The predicted octanol–water partition coefficient (Wildman–Crippen LogP) is 0.745. The number of nitrogens with one attached hydrogen (secondary N) is 3. The van der Waals surface area contributed by atoms with Gasteiger partial charge in [-0.2, -0.15) is 9.97 Å². The Morgan fingerprint density at radius 3 is 2.86 bits per heavy atom. The van der Waals surface area contributed by atoms with Crippen LogP contribution in [0.3, 0.4) is 0 Å². The largest absolute Gasteiger partial charge is 0.354 e. The van der Waals surface area contributed by atoms with Crippen LogP contribution in [0.25, 0.3) is 11.2 Å². The molecule has 2 aromatic rings. The number of likely N-dealkylation sites (N-methyl/N-ethyl adjacent to an activating group) is 1. The zero-order valence-electron chi connectivity index (χ0n) is 12.8. The van der Waals surface area contributed by atoms with Gasteiger partial charge in [0.15, 0.2) is 11.5 Å². The first-order valence-corrected chi connectivity index (χ1v) is 6.96. The van der Waals surface area contributed by atoms with Crippen molar-refractivity contribution < 1.29 is 4.79 Å². The van der Waals surface area contributed by atoms with Gasteiger partial charge in [0.2, 0.25) is 11.9 Å². The number of anilines is 2. The number of aromatic nitrogens is 4. The molecule has 8 heteroatoms. The summed E-state index contributed by atoms with van der Waals surface area (Å²) in [6.07, 6.45) is 1.57. The van der Waals surface area contributed by atoms with Crippen molar-refractivity contribution in [3.63, 3.8) is 0 Å². The molecule has 0 fully saturated rings. The van der Waals surface area contributed by atoms with Crippen LogP contribution in [0.5, 0.6) is 0 Å². The normalized spacial score (nSPS) is 10.9. The van der Waals surface area contributed by atoms with E-state index < -0.39 is 0 Å². The van der Waals surface area contributed by atoms with Crippen LogP contribution in [-0.4, -0.2) is 52.0 Å². The van der Waals surface area contributed by atoms with Gasteiger partial charge in [-0.1, -0.05) is 0 Å². The Labute approximate surface area is 123 Å². The lowest BCUT2D eigenvalue weighted by atomic mass is 10.3. The summed E-state index contributed by atoms with van der Waals surface area (Å²) in [6.45, 7) is 6.76. The Morgan fingerprint density at radius 2 is 2.19 bits per heavy atom. The van der Waals surface area contributed by atoms with Gasteiger partial charge in [-0.15, -0.1) is 0 Å². The van der Waals surface area contributed by atoms with Gasteiger partial charge >= 0.3 is 0 Å². The molecule has 0 atom stereocenters. The Bertz CT molecular complexity index is 622. The summed E-state index contributed by atoms with van der Waals surface area (Å²) in [5, 5.41) is 5.93. The van der Waals surface area contributed by atoms with Crippen LogP contribution < -0.4 is 15.5 Å². The minimum atomic E-state index is -0.0521. The molecule has 2 rings (SSSR count). The van der Waals surface area contributed by atoms with Gasteiger partial charge in [0.05, 0.1) is 12.9 Å². The summed E-state index contributed by atoms with van der Waals surface area (Å²) in [4.78, 5) is 29.6. The van der Waals surface area contributed by atoms with E-state index in [1.54, 1.807) is 11.2 Å². The Balaban J connectivity index is 2.26. The molecule has 3 N–H and O–H groups in total. The van der Waals surface area contributed by atoms with E-state index in [0.717, 1.165) is 5.52 Å². The molecule has 21 heavy (non-hydrogen) atoms. The highest BCUT2D eigenvalue weighted by atomic mass is 16.2. The molecule has 2 heterocycles. The van der Waals surface area contributed by atoms with Crippen molar-refractivity contribution >= 4 is 28.8 Å². The van der Waals surface area contributed by atoms with Gasteiger partial charge in [-0.05, 0) is 20.8 Å². The molecule has 0 saturated carbocycles. The lowest BCUT2D eigenvalue weighted by molar-refractivity contribution is -0.120. The maximum absolute atomic E-state index is 11.9. The molecule has 0 aliphatic rings. The number of amides is 1. The first kappa shape index (κ1) is 15.0. The number of hydrogen-bond acceptors (Lipinski definition) is 6. The minimum absolute atomic E-state index is 0.0521. The second kappa shape index (κ2) is 6.38. The first-order chi connectivity index (χ1) is 10.0. The monoisotopic (exact) mass is 291 g/mol. The molecule has 0 unspecified atom stereocenters. The molecule has 0 radical (unpaired) electrons. The molecular weight excluding hydrogens is 270 g/mol. The van der Waals surface area contributed by atoms with Crippen molar-refractivity contribution in [2.45, 2.75) is 26.8 Å². The Hall–Kier alpha value is -2.38. The van der Waals surface area contributed by atoms with Gasteiger partial charge in [-0.25, -0.2) is 4.98 Å². The zero-order chi connectivity index (χ0) is 15.4. The number of carbonyl (C=O) groups is 1. The smallest absolute Gasteiger partial charge is 0.239 e. The number of aromatic amines is 1. The maximum atomic E-state index is 11.9. The summed E-state index contributed by atoms with van der Waals surface area (Å²) in [5.74, 6) is 1.10. The van der Waals surface area contributed by atoms with E-state index in [1.807, 2.05) is 27.8 Å².